The van der Waals surface area contributed by atoms with E-state index in [1.807, 2.05) is 0 Å². The van der Waals surface area contributed by atoms with Crippen molar-refractivity contribution in [1.82, 2.24) is 0 Å². The maximum atomic E-state index is 14.0. The lowest BCUT2D eigenvalue weighted by atomic mass is 10.0. The summed E-state index contributed by atoms with van der Waals surface area (Å²) in [5.41, 5.74) is 0. The van der Waals surface area contributed by atoms with Gasteiger partial charge in [-0.25, -0.2) is 22.8 Å². The largest absolute Gasteiger partial charge is 0.220 e. The van der Waals surface area contributed by atoms with Gasteiger partial charge in [-0.15, -0.1) is 16.1 Å². The lowest BCUT2D eigenvalue weighted by Crippen LogP contribution is -2.02. The van der Waals surface area contributed by atoms with Crippen molar-refractivity contribution in [3.05, 3.63) is 23.3 Å². The van der Waals surface area contributed by atoms with Crippen molar-refractivity contribution in [2.24, 2.45) is 0 Å². The summed E-state index contributed by atoms with van der Waals surface area (Å²) in [5.74, 6) is -5.74. The normalized spacial score (nSPS) is 11.4. The highest BCUT2D eigenvalue weighted by Gasteiger charge is 2.26. The average Bonchev–Trinajstić information content (AvgIpc) is 2.77. The zero-order valence-corrected chi connectivity index (χ0v) is 19.8. The minimum Gasteiger partial charge on any atom is -0.220 e. The van der Waals surface area contributed by atoms with Gasteiger partial charge < -0.3 is 0 Å². The Kier molecular flexibility index (Phi) is 16.6. The van der Waals surface area contributed by atoms with E-state index in [0.29, 0.717) is 12.2 Å². The first kappa shape index (κ1) is 28.6. The molecule has 0 aliphatic rings. The molecule has 0 fully saturated rings. The molecule has 31 heavy (non-hydrogen) atoms. The molecule has 180 valence electrons. The highest BCUT2D eigenvalue weighted by molar-refractivity contribution is 7.99. The minimum atomic E-state index is -1.58. The molecule has 1 aromatic carbocycles. The van der Waals surface area contributed by atoms with Gasteiger partial charge in [-0.05, 0) is 12.2 Å². The van der Waals surface area contributed by atoms with Crippen molar-refractivity contribution < 1.29 is 32.2 Å². The van der Waals surface area contributed by atoms with Crippen LogP contribution in [0.3, 0.4) is 0 Å². The van der Waals surface area contributed by atoms with Crippen LogP contribution < -0.4 is 0 Å². The Hall–Kier alpha value is -0.480. The van der Waals surface area contributed by atoms with Crippen LogP contribution in [0.15, 0.2) is 9.79 Å². The molecule has 0 spiro atoms. The van der Waals surface area contributed by atoms with Crippen molar-refractivity contribution in [2.45, 2.75) is 107 Å². The summed E-state index contributed by atoms with van der Waals surface area (Å²) in [6, 6.07) is 0. The van der Waals surface area contributed by atoms with Gasteiger partial charge in [0.25, 0.3) is 0 Å². The molecule has 1 N–H and O–H groups in total. The summed E-state index contributed by atoms with van der Waals surface area (Å²) in [5, 5.41) is 11.2. The molecule has 0 aliphatic heterocycles. The van der Waals surface area contributed by atoms with Crippen LogP contribution in [-0.4, -0.2) is 11.0 Å². The highest BCUT2D eigenvalue weighted by Crippen LogP contribution is 2.36. The van der Waals surface area contributed by atoms with Gasteiger partial charge in [-0.1, -0.05) is 95.4 Å². The van der Waals surface area contributed by atoms with E-state index in [-0.39, 0.29) is 12.0 Å². The Morgan fingerprint density at radius 3 is 1.42 bits per heavy atom. The van der Waals surface area contributed by atoms with Gasteiger partial charge in [0.2, 0.25) is 0 Å². The lowest BCUT2D eigenvalue weighted by Gasteiger charge is -2.10. The monoisotopic (exact) mass is 486 g/mol. The summed E-state index contributed by atoms with van der Waals surface area (Å²) in [7, 11) is 0. The molecule has 0 aromatic heterocycles. The number of hydrogen-bond acceptors (Lipinski definition) is 5. The highest BCUT2D eigenvalue weighted by atomic mass is 32.2. The Morgan fingerprint density at radius 2 is 1.00 bits per heavy atom. The molecule has 0 unspecified atom stereocenters. The Labute approximate surface area is 191 Å². The molecule has 3 nitrogen and oxygen atoms in total. The summed E-state index contributed by atoms with van der Waals surface area (Å²) in [6.07, 6.45) is 16.8. The van der Waals surface area contributed by atoms with Gasteiger partial charge in [0.05, 0.1) is 16.9 Å². The van der Waals surface area contributed by atoms with E-state index in [1.165, 1.54) is 64.2 Å². The van der Waals surface area contributed by atoms with E-state index in [0.717, 1.165) is 31.0 Å². The van der Waals surface area contributed by atoms with Crippen LogP contribution in [0.25, 0.3) is 0 Å². The van der Waals surface area contributed by atoms with Gasteiger partial charge in [0.1, 0.15) is 4.90 Å². The third-order valence-corrected chi connectivity index (χ3v) is 6.87. The quantitative estimate of drug-likeness (QED) is 0.0401. The van der Waals surface area contributed by atoms with Crippen LogP contribution in [0.1, 0.15) is 96.8 Å². The first-order chi connectivity index (χ1) is 15.0. The summed E-state index contributed by atoms with van der Waals surface area (Å²) >= 11 is 0.607. The van der Waals surface area contributed by atoms with E-state index >= 15 is 0 Å². The summed E-state index contributed by atoms with van der Waals surface area (Å²) in [4.78, 5) is -1.73. The topological polar surface area (TPSA) is 38.7 Å². The van der Waals surface area contributed by atoms with Crippen LogP contribution in [0.4, 0.5) is 17.6 Å². The second-order valence-electron chi connectivity index (χ2n) is 7.58. The number of rotatable bonds is 19. The molecule has 0 heterocycles. The fourth-order valence-corrected chi connectivity index (χ4v) is 4.72. The molecule has 0 aliphatic carbocycles. The second-order valence-corrected chi connectivity index (χ2v) is 9.40. The summed E-state index contributed by atoms with van der Waals surface area (Å²) in [6.45, 7) is 2.23. The van der Waals surface area contributed by atoms with Crippen molar-refractivity contribution in [2.75, 3.05) is 5.75 Å². The zero-order chi connectivity index (χ0) is 22.9. The fraction of sp³-hybridized carbons (Fsp3) is 0.727. The molecular weight excluding hydrogens is 452 g/mol. The predicted octanol–water partition coefficient (Wildman–Crippen LogP) is 9.24. The van der Waals surface area contributed by atoms with Gasteiger partial charge in [-0.2, -0.15) is 0 Å². The fourth-order valence-electron chi connectivity index (χ4n) is 3.31. The first-order valence-electron chi connectivity index (χ1n) is 11.2. The maximum Gasteiger partial charge on any atom is 0.179 e. The summed E-state index contributed by atoms with van der Waals surface area (Å²) < 4.78 is 59.7. The van der Waals surface area contributed by atoms with Crippen LogP contribution >= 0.6 is 23.8 Å². The standard InChI is InChI=1S/C22H34F4O3S2/c1-2-3-4-5-6-7-8-9-10-11-12-13-14-15-16-30-21-17(23)19(25)22(31-29-28-27)20(26)18(21)24/h27H,2-16H2,1H3. The number of unbranched alkanes of at least 4 members (excludes halogenated alkanes) is 13. The van der Waals surface area contributed by atoms with Crippen LogP contribution in [-0.2, 0) is 9.37 Å². The molecular formula is C22H34F4O3S2. The SMILES string of the molecule is CCCCCCCCCCCCCCCCSc1c(F)c(F)c(SOOO)c(F)c1F. The maximum absolute atomic E-state index is 14.0. The molecule has 1 aromatic rings. The molecule has 1 rings (SSSR count). The van der Waals surface area contributed by atoms with Crippen LogP contribution in [0, 0.1) is 23.3 Å². The molecule has 0 atom stereocenters. The number of hydrogen-bond donors (Lipinski definition) is 1. The van der Waals surface area contributed by atoms with E-state index in [1.54, 1.807) is 0 Å². The van der Waals surface area contributed by atoms with Crippen molar-refractivity contribution in [1.29, 1.82) is 0 Å². The Bertz CT molecular complexity index is 592. The molecule has 0 radical (unpaired) electrons. The predicted molar refractivity (Wildman–Crippen MR) is 118 cm³/mol. The number of halogens is 4. The first-order valence-corrected chi connectivity index (χ1v) is 12.9. The average molecular weight is 487 g/mol. The Morgan fingerprint density at radius 1 is 0.613 bits per heavy atom. The molecule has 9 heteroatoms. The number of thioether (sulfide) groups is 1. The molecule has 0 saturated heterocycles. The molecule has 0 amide bonds. The van der Waals surface area contributed by atoms with E-state index in [2.05, 4.69) is 16.3 Å². The molecule has 0 bridgehead atoms. The lowest BCUT2D eigenvalue weighted by molar-refractivity contribution is -0.432. The van der Waals surface area contributed by atoms with Crippen molar-refractivity contribution in [3.63, 3.8) is 0 Å². The minimum absolute atomic E-state index is 0.152. The van der Waals surface area contributed by atoms with E-state index in [4.69, 9.17) is 5.26 Å². The van der Waals surface area contributed by atoms with Crippen LogP contribution in [0.5, 0.6) is 0 Å². The third kappa shape index (κ3) is 11.3. The van der Waals surface area contributed by atoms with Gasteiger partial charge in [-0.3, -0.25) is 0 Å². The third-order valence-electron chi connectivity index (χ3n) is 5.07. The van der Waals surface area contributed by atoms with Crippen LogP contribution in [0.2, 0.25) is 0 Å². The van der Waals surface area contributed by atoms with Gasteiger partial charge >= 0.3 is 0 Å². The Balaban J connectivity index is 2.14. The van der Waals surface area contributed by atoms with Gasteiger partial charge in [0.15, 0.2) is 23.3 Å². The van der Waals surface area contributed by atoms with Crippen molar-refractivity contribution in [3.8, 4) is 0 Å². The number of benzene rings is 1. The zero-order valence-electron chi connectivity index (χ0n) is 18.2. The molecule has 0 saturated carbocycles. The van der Waals surface area contributed by atoms with Gasteiger partial charge in [0, 0.05) is 0 Å². The smallest absolute Gasteiger partial charge is 0.179 e. The second kappa shape index (κ2) is 18.0. The van der Waals surface area contributed by atoms with E-state index < -0.39 is 33.1 Å². The van der Waals surface area contributed by atoms with Crippen molar-refractivity contribution >= 4 is 23.8 Å². The van der Waals surface area contributed by atoms with E-state index in [9.17, 15) is 17.6 Å².